The fraction of sp³-hybridized carbons (Fsp3) is 0.0833. The van der Waals surface area contributed by atoms with Crippen LogP contribution >= 0.6 is 38.5 Å². The summed E-state index contributed by atoms with van der Waals surface area (Å²) in [6.07, 6.45) is 2.76. The maximum Gasteiger partial charge on any atom is 0.141 e. The lowest BCUT2D eigenvalue weighted by atomic mass is 10.0. The molecule has 94 valence electrons. The topological polar surface area (TPSA) is 50.9 Å². The first-order chi connectivity index (χ1) is 8.61. The highest BCUT2D eigenvalue weighted by molar-refractivity contribution is 14.1. The molecule has 0 saturated heterocycles. The molecule has 3 N–H and O–H groups in total. The van der Waals surface area contributed by atoms with Crippen LogP contribution in [0, 0.1) is 9.39 Å². The van der Waals surface area contributed by atoms with E-state index in [2.05, 4.69) is 48.9 Å². The number of rotatable bonds is 3. The summed E-state index contributed by atoms with van der Waals surface area (Å²) in [7, 11) is 0. The van der Waals surface area contributed by atoms with Gasteiger partial charge in [0, 0.05) is 14.2 Å². The minimum atomic E-state index is -0.380. The second-order valence-electron chi connectivity index (χ2n) is 3.70. The molecule has 1 aromatic carbocycles. The van der Waals surface area contributed by atoms with E-state index in [0.717, 1.165) is 13.6 Å². The van der Waals surface area contributed by atoms with Crippen LogP contribution in [-0.2, 0) is 0 Å². The number of pyridine rings is 1. The van der Waals surface area contributed by atoms with E-state index in [-0.39, 0.29) is 11.9 Å². The van der Waals surface area contributed by atoms with Gasteiger partial charge in [0.25, 0.3) is 0 Å². The van der Waals surface area contributed by atoms with Crippen molar-refractivity contribution in [2.45, 2.75) is 6.04 Å². The van der Waals surface area contributed by atoms with E-state index in [4.69, 9.17) is 5.84 Å². The van der Waals surface area contributed by atoms with Gasteiger partial charge in [-0.2, -0.15) is 0 Å². The van der Waals surface area contributed by atoms with Crippen molar-refractivity contribution in [3.63, 3.8) is 0 Å². The number of hydrogen-bond acceptors (Lipinski definition) is 3. The van der Waals surface area contributed by atoms with Crippen LogP contribution in [0.2, 0.25) is 0 Å². The van der Waals surface area contributed by atoms with Crippen molar-refractivity contribution in [3.05, 3.63) is 61.6 Å². The van der Waals surface area contributed by atoms with E-state index < -0.39 is 0 Å². The molecule has 3 nitrogen and oxygen atoms in total. The Morgan fingerprint density at radius 2 is 2.11 bits per heavy atom. The van der Waals surface area contributed by atoms with Gasteiger partial charge in [-0.1, -0.05) is 15.9 Å². The van der Waals surface area contributed by atoms with Crippen molar-refractivity contribution >= 4 is 38.5 Å². The summed E-state index contributed by atoms with van der Waals surface area (Å²) in [5, 5.41) is 0. The summed E-state index contributed by atoms with van der Waals surface area (Å²) in [4.78, 5) is 3.84. The molecule has 0 radical (unpaired) electrons. The van der Waals surface area contributed by atoms with E-state index in [1.807, 2.05) is 18.2 Å². The maximum absolute atomic E-state index is 13.2. The summed E-state index contributed by atoms with van der Waals surface area (Å²) in [6.45, 7) is 0. The first kappa shape index (κ1) is 13.9. The molecule has 2 aromatic rings. The zero-order chi connectivity index (χ0) is 13.1. The Morgan fingerprint density at radius 1 is 1.33 bits per heavy atom. The molecule has 0 amide bonds. The Balaban J connectivity index is 2.48. The molecule has 2 rings (SSSR count). The summed E-state index contributed by atoms with van der Waals surface area (Å²) < 4.78 is 15.2. The van der Waals surface area contributed by atoms with Crippen molar-refractivity contribution < 1.29 is 4.39 Å². The van der Waals surface area contributed by atoms with Crippen LogP contribution in [0.1, 0.15) is 17.2 Å². The SMILES string of the molecule is NNC(c1cncc(F)c1)c1cc(I)ccc1Br. The average Bonchev–Trinajstić information content (AvgIpc) is 2.35. The number of hydrazine groups is 1. The van der Waals surface area contributed by atoms with Crippen LogP contribution < -0.4 is 11.3 Å². The summed E-state index contributed by atoms with van der Waals surface area (Å²) in [5.74, 6) is 5.20. The standard InChI is InChI=1S/C12H10BrFIN3/c13-11-2-1-9(15)4-10(11)12(18-16)7-3-8(14)6-17-5-7/h1-6,12,18H,16H2. The molecule has 0 aliphatic carbocycles. The molecule has 18 heavy (non-hydrogen) atoms. The summed E-state index contributed by atoms with van der Waals surface area (Å²) in [6, 6.07) is 7.01. The molecule has 1 unspecified atom stereocenters. The average molecular weight is 422 g/mol. The monoisotopic (exact) mass is 421 g/mol. The third kappa shape index (κ3) is 3.05. The summed E-state index contributed by atoms with van der Waals surface area (Å²) >= 11 is 5.69. The maximum atomic E-state index is 13.2. The minimum Gasteiger partial charge on any atom is -0.271 e. The first-order valence-electron chi connectivity index (χ1n) is 5.13. The van der Waals surface area contributed by atoms with Gasteiger partial charge < -0.3 is 0 Å². The Morgan fingerprint density at radius 3 is 2.78 bits per heavy atom. The van der Waals surface area contributed by atoms with Crippen LogP contribution in [0.5, 0.6) is 0 Å². The lowest BCUT2D eigenvalue weighted by Crippen LogP contribution is -2.29. The third-order valence-electron chi connectivity index (χ3n) is 2.50. The Labute approximate surface area is 126 Å². The fourth-order valence-corrected chi connectivity index (χ4v) is 2.68. The molecule has 0 fully saturated rings. The molecular formula is C12H10BrFIN3. The van der Waals surface area contributed by atoms with Crippen LogP contribution in [0.3, 0.4) is 0 Å². The van der Waals surface area contributed by atoms with Crippen molar-refractivity contribution in [2.75, 3.05) is 0 Å². The number of nitrogens with one attached hydrogen (secondary N) is 1. The Hall–Kier alpha value is -0.570. The normalized spacial score (nSPS) is 12.4. The van der Waals surface area contributed by atoms with Crippen molar-refractivity contribution in [1.29, 1.82) is 0 Å². The zero-order valence-electron chi connectivity index (χ0n) is 9.20. The second kappa shape index (κ2) is 6.05. The third-order valence-corrected chi connectivity index (χ3v) is 3.89. The second-order valence-corrected chi connectivity index (χ2v) is 5.80. The van der Waals surface area contributed by atoms with Crippen LogP contribution in [0.15, 0.2) is 41.1 Å². The van der Waals surface area contributed by atoms with Gasteiger partial charge in [-0.15, -0.1) is 0 Å². The minimum absolute atomic E-state index is 0.308. The van der Waals surface area contributed by atoms with Gasteiger partial charge in [-0.3, -0.25) is 10.8 Å². The van der Waals surface area contributed by atoms with Crippen molar-refractivity contribution in [1.82, 2.24) is 10.4 Å². The zero-order valence-corrected chi connectivity index (χ0v) is 12.9. The van der Waals surface area contributed by atoms with Gasteiger partial charge in [0.1, 0.15) is 5.82 Å². The van der Waals surface area contributed by atoms with Gasteiger partial charge in [0.2, 0.25) is 0 Å². The summed E-state index contributed by atoms with van der Waals surface area (Å²) in [5.41, 5.74) is 4.31. The van der Waals surface area contributed by atoms with Gasteiger partial charge in [-0.25, -0.2) is 9.82 Å². The quantitative estimate of drug-likeness (QED) is 0.454. The van der Waals surface area contributed by atoms with Gasteiger partial charge >= 0.3 is 0 Å². The lowest BCUT2D eigenvalue weighted by Gasteiger charge is -2.18. The van der Waals surface area contributed by atoms with E-state index >= 15 is 0 Å². The first-order valence-corrected chi connectivity index (χ1v) is 7.00. The van der Waals surface area contributed by atoms with Crippen LogP contribution in [0.4, 0.5) is 4.39 Å². The molecule has 0 spiro atoms. The molecule has 0 aliphatic rings. The number of hydrogen-bond donors (Lipinski definition) is 2. The predicted octanol–water partition coefficient (Wildman–Crippen LogP) is 3.14. The fourth-order valence-electron chi connectivity index (χ4n) is 1.69. The van der Waals surface area contributed by atoms with Gasteiger partial charge in [0.15, 0.2) is 0 Å². The van der Waals surface area contributed by atoms with E-state index in [0.29, 0.717) is 5.56 Å². The smallest absolute Gasteiger partial charge is 0.141 e. The van der Waals surface area contributed by atoms with Crippen LogP contribution in [0.25, 0.3) is 0 Å². The van der Waals surface area contributed by atoms with Crippen molar-refractivity contribution in [3.8, 4) is 0 Å². The molecule has 0 saturated carbocycles. The molecule has 0 bridgehead atoms. The molecule has 6 heteroatoms. The number of nitrogens with two attached hydrogens (primary N) is 1. The highest BCUT2D eigenvalue weighted by Gasteiger charge is 2.16. The van der Waals surface area contributed by atoms with E-state index in [9.17, 15) is 4.39 Å². The molecule has 1 atom stereocenters. The van der Waals surface area contributed by atoms with Gasteiger partial charge in [0.05, 0.1) is 12.2 Å². The van der Waals surface area contributed by atoms with Crippen molar-refractivity contribution in [2.24, 2.45) is 5.84 Å². The highest BCUT2D eigenvalue weighted by Crippen LogP contribution is 2.29. The van der Waals surface area contributed by atoms with Gasteiger partial charge in [-0.05, 0) is 58.0 Å². The Bertz CT molecular complexity index is 565. The van der Waals surface area contributed by atoms with Crippen LogP contribution in [-0.4, -0.2) is 4.98 Å². The van der Waals surface area contributed by atoms with E-state index in [1.54, 1.807) is 6.20 Å². The largest absolute Gasteiger partial charge is 0.271 e. The predicted molar refractivity (Wildman–Crippen MR) is 80.2 cm³/mol. The number of aromatic nitrogens is 1. The number of benzene rings is 1. The Kier molecular flexibility index (Phi) is 4.66. The number of nitrogens with zero attached hydrogens (tertiary/aromatic N) is 1. The highest BCUT2D eigenvalue weighted by atomic mass is 127. The number of halogens is 3. The molecular weight excluding hydrogens is 412 g/mol. The molecule has 0 aliphatic heterocycles. The lowest BCUT2D eigenvalue weighted by molar-refractivity contribution is 0.597. The molecule has 1 heterocycles. The van der Waals surface area contributed by atoms with E-state index in [1.165, 1.54) is 12.3 Å². The molecule has 1 aromatic heterocycles.